The van der Waals surface area contributed by atoms with Crippen LogP contribution in [0.15, 0.2) is 48.5 Å². The number of amides is 1. The van der Waals surface area contributed by atoms with Gasteiger partial charge in [-0.2, -0.15) is 0 Å². The molecule has 25 heavy (non-hydrogen) atoms. The molecule has 0 radical (unpaired) electrons. The van der Waals surface area contributed by atoms with Crippen molar-refractivity contribution in [3.8, 4) is 5.75 Å². The molecule has 0 saturated carbocycles. The maximum absolute atomic E-state index is 12.2. The first-order valence-electron chi connectivity index (χ1n) is 8.42. The van der Waals surface area contributed by atoms with Crippen LogP contribution in [0.5, 0.6) is 5.75 Å². The Hall–Kier alpha value is -2.66. The zero-order chi connectivity index (χ0) is 18.2. The van der Waals surface area contributed by atoms with Crippen molar-refractivity contribution in [3.63, 3.8) is 0 Å². The highest BCUT2D eigenvalue weighted by Crippen LogP contribution is 2.11. The van der Waals surface area contributed by atoms with E-state index in [1.54, 1.807) is 24.3 Å². The van der Waals surface area contributed by atoms with Gasteiger partial charge in [-0.25, -0.2) is 0 Å². The molecule has 2 aromatic rings. The summed E-state index contributed by atoms with van der Waals surface area (Å²) in [5.74, 6) is 0.812. The van der Waals surface area contributed by atoms with Crippen LogP contribution in [0.3, 0.4) is 0 Å². The van der Waals surface area contributed by atoms with E-state index in [1.807, 2.05) is 38.2 Å². The van der Waals surface area contributed by atoms with Gasteiger partial charge in [0.15, 0.2) is 12.3 Å². The Bertz CT molecular complexity index is 709. The maximum atomic E-state index is 12.2. The number of rotatable bonds is 8. The highest BCUT2D eigenvalue weighted by atomic mass is 16.5. The lowest BCUT2D eigenvalue weighted by atomic mass is 10.1. The largest absolute Gasteiger partial charge is 0.494 e. The molecule has 0 aromatic heterocycles. The van der Waals surface area contributed by atoms with Crippen LogP contribution in [0.4, 0.5) is 5.69 Å². The third kappa shape index (κ3) is 6.04. The molecule has 5 heteroatoms. The molecule has 0 spiro atoms. The van der Waals surface area contributed by atoms with Gasteiger partial charge < -0.3 is 15.0 Å². The molecule has 1 atom stereocenters. The van der Waals surface area contributed by atoms with Crippen LogP contribution >= 0.6 is 0 Å². The van der Waals surface area contributed by atoms with Gasteiger partial charge in [-0.15, -0.1) is 0 Å². The van der Waals surface area contributed by atoms with E-state index in [9.17, 15) is 9.59 Å². The van der Waals surface area contributed by atoms with Gasteiger partial charge in [0.05, 0.1) is 13.7 Å². The predicted octanol–water partition coefficient (Wildman–Crippen LogP) is 1.94. The molecule has 1 unspecified atom stereocenters. The number of Topliss-reactive ketones (excluding diaryl/α,β-unsaturated/α-hetero) is 1. The first kappa shape index (κ1) is 18.7. The van der Waals surface area contributed by atoms with Crippen LogP contribution in [0.1, 0.15) is 29.8 Å². The van der Waals surface area contributed by atoms with Gasteiger partial charge in [0.2, 0.25) is 0 Å². The Morgan fingerprint density at radius 3 is 2.24 bits per heavy atom. The minimum Gasteiger partial charge on any atom is -0.494 e. The van der Waals surface area contributed by atoms with Crippen molar-refractivity contribution in [2.24, 2.45) is 0 Å². The van der Waals surface area contributed by atoms with Crippen molar-refractivity contribution in [2.75, 3.05) is 25.5 Å². The SMILES string of the molecule is CCOc1ccc(C[NH+](C)CC(=O)Nc2ccc(C(C)=O)cc2)cc1. The Balaban J connectivity index is 1.83. The fourth-order valence-corrected chi connectivity index (χ4v) is 2.55. The average Bonchev–Trinajstić information content (AvgIpc) is 2.57. The molecular weight excluding hydrogens is 316 g/mol. The highest BCUT2D eigenvalue weighted by Gasteiger charge is 2.11. The number of hydrogen-bond donors (Lipinski definition) is 2. The second-order valence-corrected chi connectivity index (χ2v) is 6.07. The van der Waals surface area contributed by atoms with Crippen LogP contribution in [0.25, 0.3) is 0 Å². The molecule has 2 N–H and O–H groups in total. The fraction of sp³-hybridized carbons (Fsp3) is 0.300. The maximum Gasteiger partial charge on any atom is 0.279 e. The van der Waals surface area contributed by atoms with E-state index < -0.39 is 0 Å². The number of ketones is 1. The van der Waals surface area contributed by atoms with E-state index >= 15 is 0 Å². The molecule has 2 aromatic carbocycles. The van der Waals surface area contributed by atoms with Crippen molar-refractivity contribution < 1.29 is 19.2 Å². The summed E-state index contributed by atoms with van der Waals surface area (Å²) in [6, 6.07) is 14.9. The minimum atomic E-state index is -0.0565. The van der Waals surface area contributed by atoms with Gasteiger partial charge in [0.1, 0.15) is 12.3 Å². The summed E-state index contributed by atoms with van der Waals surface area (Å²) in [5, 5.41) is 2.86. The Morgan fingerprint density at radius 2 is 1.68 bits per heavy atom. The quantitative estimate of drug-likeness (QED) is 0.722. The second-order valence-electron chi connectivity index (χ2n) is 6.07. The van der Waals surface area contributed by atoms with Crippen LogP contribution in [0, 0.1) is 0 Å². The van der Waals surface area contributed by atoms with Gasteiger partial charge in [0.25, 0.3) is 5.91 Å². The number of anilines is 1. The van der Waals surface area contributed by atoms with E-state index in [2.05, 4.69) is 5.32 Å². The van der Waals surface area contributed by atoms with Gasteiger partial charge in [-0.3, -0.25) is 9.59 Å². The Labute approximate surface area is 148 Å². The van der Waals surface area contributed by atoms with Crippen molar-refractivity contribution in [2.45, 2.75) is 20.4 Å². The summed E-state index contributed by atoms with van der Waals surface area (Å²) in [5.41, 5.74) is 2.49. The molecule has 2 rings (SSSR count). The summed E-state index contributed by atoms with van der Waals surface area (Å²) in [6.45, 7) is 5.24. The normalized spacial score (nSPS) is 11.6. The van der Waals surface area contributed by atoms with E-state index in [0.29, 0.717) is 24.4 Å². The smallest absolute Gasteiger partial charge is 0.279 e. The number of carbonyl (C=O) groups is 2. The fourth-order valence-electron chi connectivity index (χ4n) is 2.55. The number of quaternary nitrogens is 1. The van der Waals surface area contributed by atoms with Crippen molar-refractivity contribution in [3.05, 3.63) is 59.7 Å². The third-order valence-electron chi connectivity index (χ3n) is 3.78. The standard InChI is InChI=1S/C20H24N2O3/c1-4-25-19-11-5-16(6-12-19)13-22(3)14-20(24)21-18-9-7-17(8-10-18)15(2)23/h5-12H,4,13-14H2,1-3H3,(H,21,24)/p+1. The summed E-state index contributed by atoms with van der Waals surface area (Å²) in [7, 11) is 1.98. The van der Waals surface area contributed by atoms with Crippen LogP contribution in [0.2, 0.25) is 0 Å². The first-order chi connectivity index (χ1) is 12.0. The molecule has 0 saturated heterocycles. The average molecular weight is 341 g/mol. The van der Waals surface area contributed by atoms with E-state index in [4.69, 9.17) is 4.74 Å². The molecule has 0 heterocycles. The molecular formula is C20H25N2O3+. The number of benzene rings is 2. The second kappa shape index (κ2) is 8.99. The van der Waals surface area contributed by atoms with E-state index in [1.165, 1.54) is 6.92 Å². The van der Waals surface area contributed by atoms with E-state index in [-0.39, 0.29) is 11.7 Å². The third-order valence-corrected chi connectivity index (χ3v) is 3.78. The molecule has 5 nitrogen and oxygen atoms in total. The Morgan fingerprint density at radius 1 is 1.04 bits per heavy atom. The lowest BCUT2D eigenvalue weighted by molar-refractivity contribution is -0.885. The topological polar surface area (TPSA) is 59.8 Å². The van der Waals surface area contributed by atoms with Crippen LogP contribution < -0.4 is 15.0 Å². The summed E-state index contributed by atoms with van der Waals surface area (Å²) < 4.78 is 5.43. The zero-order valence-corrected chi connectivity index (χ0v) is 15.0. The van der Waals surface area contributed by atoms with Gasteiger partial charge in [-0.1, -0.05) is 0 Å². The molecule has 0 bridgehead atoms. The lowest BCUT2D eigenvalue weighted by Gasteiger charge is -2.14. The number of likely N-dealkylation sites (N-methyl/N-ethyl adjacent to an activating group) is 1. The number of ether oxygens (including phenoxy) is 1. The monoisotopic (exact) mass is 341 g/mol. The van der Waals surface area contributed by atoms with Crippen molar-refractivity contribution in [1.29, 1.82) is 0 Å². The van der Waals surface area contributed by atoms with Crippen molar-refractivity contribution in [1.82, 2.24) is 0 Å². The number of hydrogen-bond acceptors (Lipinski definition) is 3. The summed E-state index contributed by atoms with van der Waals surface area (Å²) in [4.78, 5) is 24.5. The highest BCUT2D eigenvalue weighted by molar-refractivity contribution is 5.95. The molecule has 132 valence electrons. The molecule has 0 fully saturated rings. The predicted molar refractivity (Wildman–Crippen MR) is 98.1 cm³/mol. The van der Waals surface area contributed by atoms with Crippen LogP contribution in [-0.2, 0) is 11.3 Å². The molecule has 0 aliphatic carbocycles. The van der Waals surface area contributed by atoms with Gasteiger partial charge in [0, 0.05) is 16.8 Å². The van der Waals surface area contributed by atoms with Crippen molar-refractivity contribution >= 4 is 17.4 Å². The summed E-state index contributed by atoms with van der Waals surface area (Å²) >= 11 is 0. The number of nitrogens with one attached hydrogen (secondary N) is 2. The van der Waals surface area contributed by atoms with E-state index in [0.717, 1.165) is 22.8 Å². The summed E-state index contributed by atoms with van der Waals surface area (Å²) in [6.07, 6.45) is 0. The lowest BCUT2D eigenvalue weighted by Crippen LogP contribution is -3.08. The first-order valence-corrected chi connectivity index (χ1v) is 8.42. The zero-order valence-electron chi connectivity index (χ0n) is 15.0. The Kier molecular flexibility index (Phi) is 6.71. The molecule has 0 aliphatic heterocycles. The van der Waals surface area contributed by atoms with Crippen LogP contribution in [-0.4, -0.2) is 31.9 Å². The van der Waals surface area contributed by atoms with Gasteiger partial charge in [-0.05, 0) is 62.4 Å². The molecule has 0 aliphatic rings. The van der Waals surface area contributed by atoms with Gasteiger partial charge >= 0.3 is 0 Å². The number of carbonyl (C=O) groups excluding carboxylic acids is 2. The molecule has 1 amide bonds. The minimum absolute atomic E-state index is 0.0115.